The number of aliphatic hydroxyl groups is 1. The Kier molecular flexibility index (Phi) is 1.94. The molecule has 0 radical (unpaired) electrons. The van der Waals surface area contributed by atoms with Crippen molar-refractivity contribution in [1.29, 1.82) is 0 Å². The number of rotatable bonds is 1. The molecule has 0 aromatic heterocycles. The number of benzene rings is 1. The monoisotopic (exact) mass is 209 g/mol. The molecule has 2 rings (SSSR count). The molecule has 1 atom stereocenters. The SMILES string of the molecule is O=C1Oc2ccccc2CC1(O)[N+](=O)[O-]. The fourth-order valence-corrected chi connectivity index (χ4v) is 1.41. The number of carbonyl (C=O) groups excluding carboxylic acids is 1. The number of nitro groups is 1. The minimum absolute atomic E-state index is 0.258. The third-order valence-electron chi connectivity index (χ3n) is 2.24. The normalized spacial score (nSPS) is 24.2. The van der Waals surface area contributed by atoms with Crippen molar-refractivity contribution in [2.75, 3.05) is 0 Å². The van der Waals surface area contributed by atoms with Gasteiger partial charge in [0.2, 0.25) is 0 Å². The van der Waals surface area contributed by atoms with E-state index in [2.05, 4.69) is 4.74 Å². The average Bonchev–Trinajstić information content (AvgIpc) is 2.19. The third kappa shape index (κ3) is 1.35. The lowest BCUT2D eigenvalue weighted by Gasteiger charge is -2.23. The van der Waals surface area contributed by atoms with Crippen molar-refractivity contribution in [2.45, 2.75) is 12.1 Å². The van der Waals surface area contributed by atoms with Crippen LogP contribution in [0.1, 0.15) is 5.56 Å². The van der Waals surface area contributed by atoms with Crippen LogP contribution in [0.25, 0.3) is 0 Å². The van der Waals surface area contributed by atoms with Crippen LogP contribution in [0.3, 0.4) is 0 Å². The molecule has 1 aromatic rings. The second-order valence-corrected chi connectivity index (χ2v) is 3.25. The average molecular weight is 209 g/mol. The van der Waals surface area contributed by atoms with Crippen molar-refractivity contribution in [3.05, 3.63) is 39.9 Å². The summed E-state index contributed by atoms with van der Waals surface area (Å²) in [4.78, 5) is 20.7. The van der Waals surface area contributed by atoms with Gasteiger partial charge < -0.3 is 9.84 Å². The summed E-state index contributed by atoms with van der Waals surface area (Å²) in [7, 11) is 0. The number of ether oxygens (including phenoxy) is 1. The predicted molar refractivity (Wildman–Crippen MR) is 47.7 cm³/mol. The number of hydrogen-bond acceptors (Lipinski definition) is 5. The van der Waals surface area contributed by atoms with Crippen molar-refractivity contribution < 1.29 is 19.6 Å². The van der Waals surface area contributed by atoms with Crippen LogP contribution >= 0.6 is 0 Å². The van der Waals surface area contributed by atoms with Crippen LogP contribution in [0.15, 0.2) is 24.3 Å². The molecular weight excluding hydrogens is 202 g/mol. The van der Waals surface area contributed by atoms with Gasteiger partial charge in [0.15, 0.2) is 0 Å². The van der Waals surface area contributed by atoms with Gasteiger partial charge in [-0.15, -0.1) is 0 Å². The smallest absolute Gasteiger partial charge is 0.419 e. The molecule has 0 saturated carbocycles. The number of esters is 1. The summed E-state index contributed by atoms with van der Waals surface area (Å²) in [5.41, 5.74) is -2.22. The summed E-state index contributed by atoms with van der Waals surface area (Å²) >= 11 is 0. The highest BCUT2D eigenvalue weighted by molar-refractivity contribution is 5.82. The highest BCUT2D eigenvalue weighted by atomic mass is 16.7. The van der Waals surface area contributed by atoms with Crippen LogP contribution in [-0.2, 0) is 11.2 Å². The lowest BCUT2D eigenvalue weighted by molar-refractivity contribution is -0.607. The van der Waals surface area contributed by atoms with E-state index in [0.717, 1.165) is 0 Å². The summed E-state index contributed by atoms with van der Waals surface area (Å²) in [6, 6.07) is 6.38. The molecule has 1 heterocycles. The van der Waals surface area contributed by atoms with Gasteiger partial charge in [0.1, 0.15) is 5.75 Å². The van der Waals surface area contributed by atoms with Crippen LogP contribution in [0.5, 0.6) is 5.75 Å². The molecule has 0 fully saturated rings. The molecule has 0 spiro atoms. The van der Waals surface area contributed by atoms with Crippen molar-refractivity contribution >= 4 is 5.97 Å². The number of para-hydroxylation sites is 1. The van der Waals surface area contributed by atoms with E-state index in [9.17, 15) is 20.0 Å². The Morgan fingerprint density at radius 3 is 2.80 bits per heavy atom. The van der Waals surface area contributed by atoms with Gasteiger partial charge in [0.25, 0.3) is 0 Å². The number of fused-ring (bicyclic) bond motifs is 1. The molecule has 1 unspecified atom stereocenters. The molecule has 6 heteroatoms. The molecule has 0 bridgehead atoms. The third-order valence-corrected chi connectivity index (χ3v) is 2.24. The lowest BCUT2D eigenvalue weighted by atomic mass is 9.99. The van der Waals surface area contributed by atoms with Crippen molar-refractivity contribution in [3.8, 4) is 5.75 Å². The molecule has 1 aliphatic heterocycles. The van der Waals surface area contributed by atoms with Crippen molar-refractivity contribution in [1.82, 2.24) is 0 Å². The molecule has 78 valence electrons. The molecule has 1 N–H and O–H groups in total. The Bertz CT molecular complexity index is 444. The van der Waals surface area contributed by atoms with Gasteiger partial charge in [-0.3, -0.25) is 10.1 Å². The summed E-state index contributed by atoms with van der Waals surface area (Å²) in [6.45, 7) is 0. The van der Waals surface area contributed by atoms with Gasteiger partial charge in [-0.1, -0.05) is 18.2 Å². The van der Waals surface area contributed by atoms with Crippen LogP contribution in [0.4, 0.5) is 0 Å². The number of hydrogen-bond donors (Lipinski definition) is 1. The molecule has 15 heavy (non-hydrogen) atoms. The van der Waals surface area contributed by atoms with E-state index in [-0.39, 0.29) is 12.2 Å². The molecule has 0 amide bonds. The van der Waals surface area contributed by atoms with E-state index in [0.29, 0.717) is 5.56 Å². The van der Waals surface area contributed by atoms with Gasteiger partial charge in [-0.2, -0.15) is 0 Å². The van der Waals surface area contributed by atoms with Gasteiger partial charge in [0.05, 0.1) is 11.3 Å². The van der Waals surface area contributed by atoms with E-state index < -0.39 is 16.6 Å². The van der Waals surface area contributed by atoms with Gasteiger partial charge in [0, 0.05) is 5.56 Å². The predicted octanol–water partition coefficient (Wildman–Crippen LogP) is 0.113. The largest absolute Gasteiger partial charge is 0.424 e. The second kappa shape index (κ2) is 3.03. The molecule has 0 aliphatic carbocycles. The minimum Gasteiger partial charge on any atom is -0.419 e. The van der Waals surface area contributed by atoms with Crippen molar-refractivity contribution in [3.63, 3.8) is 0 Å². The van der Waals surface area contributed by atoms with Crippen LogP contribution in [0, 0.1) is 10.1 Å². The molecule has 1 aromatic carbocycles. The standard InChI is InChI=1S/C9H7NO5/c11-8-9(12,10(13)14)5-6-3-1-2-4-7(6)15-8/h1-4,12H,5H2. The fourth-order valence-electron chi connectivity index (χ4n) is 1.41. The minimum atomic E-state index is -2.66. The van der Waals surface area contributed by atoms with Gasteiger partial charge >= 0.3 is 11.7 Å². The van der Waals surface area contributed by atoms with Crippen LogP contribution in [-0.4, -0.2) is 21.7 Å². The number of nitrogens with zero attached hydrogens (tertiary/aromatic N) is 1. The van der Waals surface area contributed by atoms with E-state index in [4.69, 9.17) is 0 Å². The molecular formula is C9H7NO5. The van der Waals surface area contributed by atoms with Crippen LogP contribution in [0.2, 0.25) is 0 Å². The highest BCUT2D eigenvalue weighted by Gasteiger charge is 2.54. The Morgan fingerprint density at radius 1 is 1.47 bits per heavy atom. The summed E-state index contributed by atoms with van der Waals surface area (Å²) in [6.07, 6.45) is -0.366. The zero-order valence-corrected chi connectivity index (χ0v) is 7.54. The lowest BCUT2D eigenvalue weighted by Crippen LogP contribution is -2.52. The zero-order chi connectivity index (χ0) is 11.1. The van der Waals surface area contributed by atoms with Crippen molar-refractivity contribution in [2.24, 2.45) is 0 Å². The van der Waals surface area contributed by atoms with Crippen LogP contribution < -0.4 is 4.74 Å². The zero-order valence-electron chi connectivity index (χ0n) is 7.54. The Balaban J connectivity index is 2.46. The molecule has 6 nitrogen and oxygen atoms in total. The van der Waals surface area contributed by atoms with E-state index in [1.165, 1.54) is 6.07 Å². The van der Waals surface area contributed by atoms with Gasteiger partial charge in [-0.25, -0.2) is 4.79 Å². The summed E-state index contributed by atoms with van der Waals surface area (Å²) in [5, 5.41) is 20.0. The molecule has 0 saturated heterocycles. The molecule has 1 aliphatic rings. The summed E-state index contributed by atoms with van der Waals surface area (Å²) in [5.74, 6) is -0.986. The first-order valence-electron chi connectivity index (χ1n) is 4.21. The Hall–Kier alpha value is -1.95. The maximum Gasteiger partial charge on any atom is 0.424 e. The first-order chi connectivity index (χ1) is 7.04. The van der Waals surface area contributed by atoms with E-state index >= 15 is 0 Å². The quantitative estimate of drug-likeness (QED) is 0.233. The topological polar surface area (TPSA) is 89.7 Å². The Labute approximate surface area is 84.2 Å². The maximum absolute atomic E-state index is 11.2. The second-order valence-electron chi connectivity index (χ2n) is 3.25. The van der Waals surface area contributed by atoms with Gasteiger partial charge in [-0.05, 0) is 6.07 Å². The number of carbonyl (C=O) groups is 1. The van der Waals surface area contributed by atoms with E-state index in [1.54, 1.807) is 18.2 Å². The van der Waals surface area contributed by atoms with E-state index in [1.807, 2.05) is 0 Å². The first kappa shape index (κ1) is 9.60. The Morgan fingerprint density at radius 2 is 2.13 bits per heavy atom. The first-order valence-corrected chi connectivity index (χ1v) is 4.21. The maximum atomic E-state index is 11.2. The highest BCUT2D eigenvalue weighted by Crippen LogP contribution is 2.30. The fraction of sp³-hybridized carbons (Fsp3) is 0.222. The summed E-state index contributed by atoms with van der Waals surface area (Å²) < 4.78 is 4.68.